The Kier molecular flexibility index (Phi) is 8.18. The lowest BCUT2D eigenvalue weighted by Crippen LogP contribution is -2.11. The first-order chi connectivity index (χ1) is 28.7. The lowest BCUT2D eigenvalue weighted by molar-refractivity contribution is 0.670. The predicted octanol–water partition coefficient (Wildman–Crippen LogP) is 14.8. The molecule has 2 heterocycles. The molecule has 0 N–H and O–H groups in total. The van der Waals surface area contributed by atoms with E-state index in [0.717, 1.165) is 102 Å². The maximum atomic E-state index is 6.77. The van der Waals surface area contributed by atoms with Gasteiger partial charge in [0.1, 0.15) is 11.2 Å². The Morgan fingerprint density at radius 3 is 1.74 bits per heavy atom. The summed E-state index contributed by atoms with van der Waals surface area (Å²) < 4.78 is 6.77. The van der Waals surface area contributed by atoms with Gasteiger partial charge in [0.05, 0.1) is 11.4 Å². The Morgan fingerprint density at radius 2 is 0.983 bits per heavy atom. The van der Waals surface area contributed by atoms with Gasteiger partial charge in [0.15, 0.2) is 5.84 Å². The van der Waals surface area contributed by atoms with Crippen LogP contribution in [0.3, 0.4) is 0 Å². The largest absolute Gasteiger partial charge is 0.455 e. The summed E-state index contributed by atoms with van der Waals surface area (Å²) in [6, 6.07) is 67.0. The van der Waals surface area contributed by atoms with Crippen molar-refractivity contribution in [3.05, 3.63) is 210 Å². The fraction of sp³-hybridized carbons (Fsp3) is 0.0545. The van der Waals surface area contributed by atoms with Gasteiger partial charge >= 0.3 is 0 Å². The van der Waals surface area contributed by atoms with Gasteiger partial charge in [-0.25, -0.2) is 9.98 Å². The third kappa shape index (κ3) is 5.83. The summed E-state index contributed by atoms with van der Waals surface area (Å²) in [6.07, 6.45) is 1.69. The fourth-order valence-corrected chi connectivity index (χ4v) is 8.81. The van der Waals surface area contributed by atoms with Crippen molar-refractivity contribution in [3.8, 4) is 22.3 Å². The van der Waals surface area contributed by atoms with Crippen LogP contribution >= 0.6 is 0 Å². The second-order valence-electron chi connectivity index (χ2n) is 15.3. The number of hydrogen-bond acceptors (Lipinski definition) is 3. The highest BCUT2D eigenvalue weighted by molar-refractivity contribution is 6.22. The summed E-state index contributed by atoms with van der Waals surface area (Å²) >= 11 is 0. The first kappa shape index (κ1) is 33.9. The molecular formula is C55H38N2O. The van der Waals surface area contributed by atoms with Crippen molar-refractivity contribution in [2.24, 2.45) is 9.98 Å². The van der Waals surface area contributed by atoms with Crippen molar-refractivity contribution in [2.75, 3.05) is 0 Å². The molecule has 0 spiro atoms. The fourth-order valence-electron chi connectivity index (χ4n) is 8.81. The average molecular weight is 743 g/mol. The molecule has 9 aromatic carbocycles. The zero-order valence-corrected chi connectivity index (χ0v) is 32.1. The maximum absolute atomic E-state index is 6.77. The average Bonchev–Trinajstić information content (AvgIpc) is 3.67. The topological polar surface area (TPSA) is 37.9 Å². The highest BCUT2D eigenvalue weighted by atomic mass is 16.3. The van der Waals surface area contributed by atoms with Crippen LogP contribution in [0.5, 0.6) is 0 Å². The molecular weight excluding hydrogens is 705 g/mol. The number of furan rings is 1. The van der Waals surface area contributed by atoms with Crippen LogP contribution in [0.2, 0.25) is 0 Å². The lowest BCUT2D eigenvalue weighted by Gasteiger charge is -2.18. The molecule has 0 bridgehead atoms. The highest BCUT2D eigenvalue weighted by Gasteiger charge is 2.22. The minimum absolute atomic E-state index is 0.717. The second-order valence-corrected chi connectivity index (χ2v) is 15.3. The smallest absolute Gasteiger partial charge is 0.160 e. The van der Waals surface area contributed by atoms with E-state index in [1.807, 2.05) is 6.07 Å². The van der Waals surface area contributed by atoms with Gasteiger partial charge in [-0.3, -0.25) is 0 Å². The van der Waals surface area contributed by atoms with Crippen LogP contribution in [0.1, 0.15) is 36.5 Å². The summed E-state index contributed by atoms with van der Waals surface area (Å²) in [7, 11) is 0. The third-order valence-corrected chi connectivity index (χ3v) is 11.8. The van der Waals surface area contributed by atoms with E-state index in [1.165, 1.54) is 27.1 Å². The van der Waals surface area contributed by atoms with E-state index in [9.17, 15) is 0 Å². The molecule has 0 radical (unpaired) electrons. The van der Waals surface area contributed by atoms with E-state index in [1.54, 1.807) is 0 Å². The molecule has 0 fully saturated rings. The SMILES string of the molecule is C/C1=C(c2ccc3ccccc3c2)/N=C(c2ccc(-c3ccc(-c4ccc5ccccc5c4)c4oc5ccccc5c34)c3ccccc23)\N=C(\c2ccccc2)CC1. The van der Waals surface area contributed by atoms with E-state index in [4.69, 9.17) is 14.4 Å². The van der Waals surface area contributed by atoms with Crippen molar-refractivity contribution in [1.29, 1.82) is 0 Å². The van der Waals surface area contributed by atoms with Crippen molar-refractivity contribution in [3.63, 3.8) is 0 Å². The van der Waals surface area contributed by atoms with E-state index in [2.05, 4.69) is 189 Å². The predicted molar refractivity (Wildman–Crippen MR) is 245 cm³/mol. The number of allylic oxidation sites excluding steroid dienone is 1. The van der Waals surface area contributed by atoms with Gasteiger partial charge in [-0.1, -0.05) is 158 Å². The summed E-state index contributed by atoms with van der Waals surface area (Å²) in [5.41, 5.74) is 12.8. The molecule has 58 heavy (non-hydrogen) atoms. The molecule has 1 aliphatic heterocycles. The van der Waals surface area contributed by atoms with Crippen molar-refractivity contribution >= 4 is 71.5 Å². The van der Waals surface area contributed by atoms with Gasteiger partial charge in [-0.05, 0) is 110 Å². The molecule has 3 nitrogen and oxygen atoms in total. The number of benzene rings is 9. The second kappa shape index (κ2) is 14.0. The minimum Gasteiger partial charge on any atom is -0.455 e. The first-order valence-corrected chi connectivity index (χ1v) is 20.0. The zero-order valence-electron chi connectivity index (χ0n) is 32.1. The quantitative estimate of drug-likeness (QED) is 0.173. The number of nitrogens with zero attached hydrogens (tertiary/aromatic N) is 2. The monoisotopic (exact) mass is 742 g/mol. The number of rotatable bonds is 5. The highest BCUT2D eigenvalue weighted by Crippen LogP contribution is 2.44. The lowest BCUT2D eigenvalue weighted by atomic mass is 9.90. The van der Waals surface area contributed by atoms with E-state index >= 15 is 0 Å². The molecule has 3 heteroatoms. The Labute approximate surface area is 337 Å². The Bertz CT molecular complexity index is 3350. The standard InChI is InChI=1S/C55H38N2O/c1-35-23-32-50(38-15-3-2-4-16-38)56-55(57-53(35)42-27-25-37-14-6-8-18-40(37)34-42)48-31-29-46(44-19-9-10-20-45(44)48)47-30-28-43(41-26-24-36-13-5-7-17-39(36)33-41)54-52(47)49-21-11-12-22-51(49)58-54/h2-22,24-31,33-34H,23,32H2,1H3/b53-35-,56-50+,57-55-. The van der Waals surface area contributed by atoms with Gasteiger partial charge in [-0.15, -0.1) is 0 Å². The summed E-state index contributed by atoms with van der Waals surface area (Å²) in [5.74, 6) is 0.717. The number of hydrogen-bond donors (Lipinski definition) is 0. The number of para-hydroxylation sites is 1. The molecule has 0 amide bonds. The molecule has 1 aliphatic rings. The molecule has 0 aliphatic carbocycles. The van der Waals surface area contributed by atoms with Crippen molar-refractivity contribution < 1.29 is 4.42 Å². The van der Waals surface area contributed by atoms with E-state index < -0.39 is 0 Å². The van der Waals surface area contributed by atoms with Gasteiger partial charge in [0, 0.05) is 27.5 Å². The van der Waals surface area contributed by atoms with Crippen LogP contribution in [0.25, 0.3) is 82.2 Å². The molecule has 0 unspecified atom stereocenters. The van der Waals surface area contributed by atoms with Crippen molar-refractivity contribution in [1.82, 2.24) is 0 Å². The summed E-state index contributed by atoms with van der Waals surface area (Å²) in [4.78, 5) is 11.0. The van der Waals surface area contributed by atoms with E-state index in [-0.39, 0.29) is 0 Å². The Balaban J connectivity index is 1.13. The van der Waals surface area contributed by atoms with Crippen LogP contribution in [-0.4, -0.2) is 11.5 Å². The van der Waals surface area contributed by atoms with Crippen LogP contribution in [0.4, 0.5) is 0 Å². The van der Waals surface area contributed by atoms with Gasteiger partial charge in [-0.2, -0.15) is 0 Å². The van der Waals surface area contributed by atoms with Crippen LogP contribution < -0.4 is 0 Å². The summed E-state index contributed by atoms with van der Waals surface area (Å²) in [5, 5.41) is 9.31. The molecule has 0 saturated heterocycles. The Hall–Kier alpha value is -7.36. The molecule has 1 aromatic heterocycles. The zero-order chi connectivity index (χ0) is 38.6. The molecule has 0 saturated carbocycles. The van der Waals surface area contributed by atoms with Gasteiger partial charge in [0.2, 0.25) is 0 Å². The molecule has 0 atom stereocenters. The minimum atomic E-state index is 0.717. The third-order valence-electron chi connectivity index (χ3n) is 11.8. The number of aliphatic imine (C=N–C) groups is 2. The van der Waals surface area contributed by atoms with E-state index in [0.29, 0.717) is 0 Å². The van der Waals surface area contributed by atoms with Crippen LogP contribution in [0.15, 0.2) is 208 Å². The number of fused-ring (bicyclic) bond motifs is 6. The van der Waals surface area contributed by atoms with Crippen molar-refractivity contribution in [2.45, 2.75) is 19.8 Å². The molecule has 274 valence electrons. The van der Waals surface area contributed by atoms with Crippen LogP contribution in [0, 0.1) is 0 Å². The first-order valence-electron chi connectivity index (χ1n) is 20.0. The molecule has 11 rings (SSSR count). The molecule has 10 aromatic rings. The van der Waals surface area contributed by atoms with Crippen LogP contribution in [-0.2, 0) is 0 Å². The van der Waals surface area contributed by atoms with Gasteiger partial charge in [0.25, 0.3) is 0 Å². The number of amidine groups is 1. The Morgan fingerprint density at radius 1 is 0.414 bits per heavy atom. The summed E-state index contributed by atoms with van der Waals surface area (Å²) in [6.45, 7) is 2.23. The van der Waals surface area contributed by atoms with Gasteiger partial charge < -0.3 is 4.42 Å². The maximum Gasteiger partial charge on any atom is 0.160 e. The normalized spacial score (nSPS) is 16.6.